The quantitative estimate of drug-likeness (QED) is 0.540. The van der Waals surface area contributed by atoms with Gasteiger partial charge in [-0.1, -0.05) is 25.5 Å². The van der Waals surface area contributed by atoms with E-state index in [9.17, 15) is 28.7 Å². The highest BCUT2D eigenvalue weighted by Crippen LogP contribution is 2.40. The van der Waals surface area contributed by atoms with Crippen LogP contribution in [0.2, 0.25) is 0 Å². The van der Waals surface area contributed by atoms with Gasteiger partial charge in [0.2, 0.25) is 11.8 Å². The van der Waals surface area contributed by atoms with Gasteiger partial charge >= 0.3 is 5.97 Å². The molecule has 10 nitrogen and oxygen atoms in total. The average Bonchev–Trinajstić information content (AvgIpc) is 3.17. The van der Waals surface area contributed by atoms with Crippen LogP contribution in [0, 0.1) is 18.7 Å². The lowest BCUT2D eigenvalue weighted by Gasteiger charge is -2.44. The molecule has 1 spiro atoms. The predicted octanol–water partition coefficient (Wildman–Crippen LogP) is 2.89. The molecule has 40 heavy (non-hydrogen) atoms. The molecular formula is C29H35FN4O6. The van der Waals surface area contributed by atoms with Crippen LogP contribution in [-0.4, -0.2) is 84.1 Å². The van der Waals surface area contributed by atoms with Crippen LogP contribution in [0.25, 0.3) is 0 Å². The molecule has 11 heteroatoms. The summed E-state index contributed by atoms with van der Waals surface area (Å²) in [6.07, 6.45) is 0.687. The molecule has 1 atom stereocenters. The molecule has 0 aromatic heterocycles. The van der Waals surface area contributed by atoms with Crippen LogP contribution in [0.5, 0.6) is 5.75 Å². The third-order valence-corrected chi connectivity index (χ3v) is 7.83. The number of carbonyl (C=O) groups excluding carboxylic acids is 3. The van der Waals surface area contributed by atoms with Crippen molar-refractivity contribution in [3.63, 3.8) is 0 Å². The molecule has 0 aliphatic carbocycles. The van der Waals surface area contributed by atoms with E-state index in [0.29, 0.717) is 25.2 Å². The number of likely N-dealkylation sites (N-methyl/N-ethyl adjacent to an activating group) is 1. The molecular weight excluding hydrogens is 519 g/mol. The number of methoxy groups -OCH3 is 1. The van der Waals surface area contributed by atoms with Crippen molar-refractivity contribution in [2.45, 2.75) is 45.2 Å². The molecule has 2 saturated heterocycles. The molecule has 3 amide bonds. The summed E-state index contributed by atoms with van der Waals surface area (Å²) < 4.78 is 19.6. The van der Waals surface area contributed by atoms with Gasteiger partial charge in [-0.15, -0.1) is 0 Å². The molecule has 2 aromatic rings. The molecule has 0 bridgehead atoms. The lowest BCUT2D eigenvalue weighted by atomic mass is 9.85. The second-order valence-corrected chi connectivity index (χ2v) is 10.8. The Balaban J connectivity index is 1.53. The normalized spacial score (nSPS) is 17.4. The number of piperidine rings is 1. The minimum Gasteiger partial charge on any atom is -0.496 e. The molecule has 4 rings (SSSR count). The van der Waals surface area contributed by atoms with E-state index in [4.69, 9.17) is 4.74 Å². The van der Waals surface area contributed by atoms with Crippen molar-refractivity contribution in [2.24, 2.45) is 5.92 Å². The number of carboxylic acids is 1. The van der Waals surface area contributed by atoms with Gasteiger partial charge < -0.3 is 29.9 Å². The Morgan fingerprint density at radius 2 is 1.75 bits per heavy atom. The van der Waals surface area contributed by atoms with Crippen molar-refractivity contribution < 1.29 is 33.4 Å². The number of anilines is 1. The van der Waals surface area contributed by atoms with E-state index in [0.717, 1.165) is 5.56 Å². The Kier molecular flexibility index (Phi) is 8.04. The maximum Gasteiger partial charge on any atom is 0.339 e. The van der Waals surface area contributed by atoms with E-state index in [-0.39, 0.29) is 47.7 Å². The van der Waals surface area contributed by atoms with Gasteiger partial charge in [0.15, 0.2) is 0 Å². The summed E-state index contributed by atoms with van der Waals surface area (Å²) in [6.45, 7) is 6.23. The molecule has 214 valence electrons. The van der Waals surface area contributed by atoms with Crippen molar-refractivity contribution in [1.29, 1.82) is 0 Å². The third kappa shape index (κ3) is 5.20. The fourth-order valence-electron chi connectivity index (χ4n) is 5.56. The first kappa shape index (κ1) is 28.8. The fourth-order valence-corrected chi connectivity index (χ4v) is 5.56. The Hall–Kier alpha value is -4.15. The smallest absolute Gasteiger partial charge is 0.339 e. The zero-order chi connectivity index (χ0) is 29.4. The van der Waals surface area contributed by atoms with E-state index < -0.39 is 29.3 Å². The largest absolute Gasteiger partial charge is 0.496 e. The topological polar surface area (TPSA) is 119 Å². The molecule has 2 N–H and O–H groups in total. The molecule has 2 aliphatic heterocycles. The van der Waals surface area contributed by atoms with Crippen molar-refractivity contribution in [1.82, 2.24) is 15.1 Å². The summed E-state index contributed by atoms with van der Waals surface area (Å²) >= 11 is 0. The Bertz CT molecular complexity index is 1340. The summed E-state index contributed by atoms with van der Waals surface area (Å²) in [5.74, 6) is -2.86. The van der Waals surface area contributed by atoms with Gasteiger partial charge in [-0.05, 0) is 49.9 Å². The number of likely N-dealkylation sites (tertiary alicyclic amines) is 1. The number of carbonyl (C=O) groups is 4. The van der Waals surface area contributed by atoms with Gasteiger partial charge in [0, 0.05) is 31.9 Å². The number of ether oxygens (including phenoxy) is 1. The van der Waals surface area contributed by atoms with Crippen LogP contribution in [0.4, 0.5) is 10.1 Å². The number of hydrogen-bond donors (Lipinski definition) is 2. The minimum absolute atomic E-state index is 0.0203. The van der Waals surface area contributed by atoms with Crippen molar-refractivity contribution >= 4 is 29.4 Å². The fraction of sp³-hybridized carbons (Fsp3) is 0.448. The molecule has 2 heterocycles. The van der Waals surface area contributed by atoms with Crippen LogP contribution in [0.1, 0.15) is 53.0 Å². The van der Waals surface area contributed by atoms with E-state index >= 15 is 0 Å². The molecule has 2 aromatic carbocycles. The van der Waals surface area contributed by atoms with Crippen LogP contribution in [0.15, 0.2) is 36.4 Å². The van der Waals surface area contributed by atoms with E-state index in [2.05, 4.69) is 5.32 Å². The Morgan fingerprint density at radius 3 is 2.35 bits per heavy atom. The summed E-state index contributed by atoms with van der Waals surface area (Å²) in [7, 11) is 3.10. The zero-order valence-corrected chi connectivity index (χ0v) is 23.4. The standard InChI is InChI=1S/C29H35FN4O6/c1-17(2)24(31-25(35)21-14-18(3)6-9-22(21)30)26(36)33-12-10-29(11-13-33)28(39)32(4)16-34(29)19-7-8-20(27(37)38)23(15-19)40-5/h6-9,14-15,17,24H,10-13,16H2,1-5H3,(H,31,35)(H,37,38)/t24-/m1/s1. The first-order valence-corrected chi connectivity index (χ1v) is 13.2. The first-order chi connectivity index (χ1) is 18.9. The zero-order valence-electron chi connectivity index (χ0n) is 23.4. The maximum atomic E-state index is 14.3. The number of nitrogens with one attached hydrogen (secondary N) is 1. The van der Waals surface area contributed by atoms with Gasteiger partial charge in [-0.25, -0.2) is 9.18 Å². The molecule has 0 unspecified atom stereocenters. The number of halogens is 1. The van der Waals surface area contributed by atoms with E-state index in [1.807, 2.05) is 18.7 Å². The molecule has 0 radical (unpaired) electrons. The van der Waals surface area contributed by atoms with Crippen molar-refractivity contribution in [3.05, 3.63) is 58.9 Å². The maximum absolute atomic E-state index is 14.3. The Labute approximate surface area is 232 Å². The highest BCUT2D eigenvalue weighted by atomic mass is 19.1. The summed E-state index contributed by atoms with van der Waals surface area (Å²) in [5, 5.41) is 12.2. The summed E-state index contributed by atoms with van der Waals surface area (Å²) in [4.78, 5) is 56.7. The van der Waals surface area contributed by atoms with Crippen LogP contribution in [0.3, 0.4) is 0 Å². The second-order valence-electron chi connectivity index (χ2n) is 10.8. The van der Waals surface area contributed by atoms with E-state index in [1.54, 1.807) is 42.0 Å². The number of rotatable bonds is 7. The summed E-state index contributed by atoms with van der Waals surface area (Å²) in [6, 6.07) is 8.11. The van der Waals surface area contributed by atoms with Crippen LogP contribution >= 0.6 is 0 Å². The van der Waals surface area contributed by atoms with Crippen LogP contribution in [-0.2, 0) is 9.59 Å². The number of amides is 3. The highest BCUT2D eigenvalue weighted by Gasteiger charge is 2.53. The lowest BCUT2D eigenvalue weighted by molar-refractivity contribution is -0.139. The Morgan fingerprint density at radius 1 is 1.07 bits per heavy atom. The van der Waals surface area contributed by atoms with Crippen molar-refractivity contribution in [2.75, 3.05) is 38.8 Å². The monoisotopic (exact) mass is 554 g/mol. The molecule has 0 saturated carbocycles. The molecule has 2 fully saturated rings. The number of aryl methyl sites for hydroxylation is 1. The van der Waals surface area contributed by atoms with Gasteiger partial charge in [0.25, 0.3) is 5.91 Å². The third-order valence-electron chi connectivity index (χ3n) is 7.83. The van der Waals surface area contributed by atoms with Crippen LogP contribution < -0.4 is 15.0 Å². The number of aromatic carboxylic acids is 1. The second kappa shape index (κ2) is 11.1. The highest BCUT2D eigenvalue weighted by molar-refractivity contribution is 5.98. The predicted molar refractivity (Wildman–Crippen MR) is 146 cm³/mol. The SMILES string of the molecule is COc1cc(N2CN(C)C(=O)C23CCN(C(=O)[C@H](NC(=O)c2cc(C)ccc2F)C(C)C)CC3)ccc1C(=O)O. The van der Waals surface area contributed by atoms with Crippen molar-refractivity contribution in [3.8, 4) is 5.75 Å². The minimum atomic E-state index is -1.11. The molecule has 2 aliphatic rings. The lowest BCUT2D eigenvalue weighted by Crippen LogP contribution is -2.60. The number of benzene rings is 2. The average molecular weight is 555 g/mol. The van der Waals surface area contributed by atoms with Gasteiger partial charge in [-0.3, -0.25) is 14.4 Å². The van der Waals surface area contributed by atoms with Gasteiger partial charge in [-0.2, -0.15) is 0 Å². The number of carboxylic acid groups (broad SMARTS) is 1. The number of hydrogen-bond acceptors (Lipinski definition) is 6. The van der Waals surface area contributed by atoms with Gasteiger partial charge in [0.1, 0.15) is 28.7 Å². The van der Waals surface area contributed by atoms with Gasteiger partial charge in [0.05, 0.1) is 19.3 Å². The first-order valence-electron chi connectivity index (χ1n) is 13.2. The number of nitrogens with zero attached hydrogens (tertiary/aromatic N) is 3. The van der Waals surface area contributed by atoms with E-state index in [1.165, 1.54) is 25.3 Å². The summed E-state index contributed by atoms with van der Waals surface area (Å²) in [5.41, 5.74) is 0.364.